The van der Waals surface area contributed by atoms with E-state index in [4.69, 9.17) is 10.5 Å². The van der Waals surface area contributed by atoms with E-state index in [0.29, 0.717) is 12.1 Å². The molecule has 0 aromatic rings. The van der Waals surface area contributed by atoms with Gasteiger partial charge in [-0.3, -0.25) is 4.90 Å². The molecule has 1 aliphatic heterocycles. The summed E-state index contributed by atoms with van der Waals surface area (Å²) in [5.74, 6) is 0.719. The molecule has 2 unspecified atom stereocenters. The van der Waals surface area contributed by atoms with E-state index in [1.807, 2.05) is 0 Å². The molecule has 0 radical (unpaired) electrons. The first-order valence-corrected chi connectivity index (χ1v) is 6.74. The second kappa shape index (κ2) is 7.25. The summed E-state index contributed by atoms with van der Waals surface area (Å²) in [4.78, 5) is 2.41. The van der Waals surface area contributed by atoms with Gasteiger partial charge >= 0.3 is 0 Å². The topological polar surface area (TPSA) is 38.5 Å². The van der Waals surface area contributed by atoms with Crippen LogP contribution < -0.4 is 5.73 Å². The summed E-state index contributed by atoms with van der Waals surface area (Å²) in [7, 11) is 2.19. The van der Waals surface area contributed by atoms with E-state index in [0.717, 1.165) is 25.6 Å². The van der Waals surface area contributed by atoms with Crippen LogP contribution in [0.3, 0.4) is 0 Å². The van der Waals surface area contributed by atoms with Gasteiger partial charge in [0.25, 0.3) is 0 Å². The van der Waals surface area contributed by atoms with Crippen LogP contribution in [0.1, 0.15) is 39.5 Å². The van der Waals surface area contributed by atoms with Crippen molar-refractivity contribution in [2.75, 3.05) is 26.7 Å². The first-order chi connectivity index (χ1) is 7.72. The Morgan fingerprint density at radius 2 is 2.06 bits per heavy atom. The summed E-state index contributed by atoms with van der Waals surface area (Å²) in [5.41, 5.74) is 5.92. The van der Waals surface area contributed by atoms with Crippen LogP contribution in [0.2, 0.25) is 0 Å². The van der Waals surface area contributed by atoms with Crippen LogP contribution in [0.5, 0.6) is 0 Å². The van der Waals surface area contributed by atoms with Crippen LogP contribution in [0.4, 0.5) is 0 Å². The van der Waals surface area contributed by atoms with E-state index >= 15 is 0 Å². The van der Waals surface area contributed by atoms with Crippen LogP contribution in [-0.4, -0.2) is 43.8 Å². The minimum atomic E-state index is 0.438. The number of hydrogen-bond acceptors (Lipinski definition) is 3. The Bertz CT molecular complexity index is 177. The van der Waals surface area contributed by atoms with Gasteiger partial charge in [0.15, 0.2) is 0 Å². The van der Waals surface area contributed by atoms with Crippen molar-refractivity contribution in [1.82, 2.24) is 4.90 Å². The Hall–Kier alpha value is -0.120. The molecule has 3 heteroatoms. The molecule has 16 heavy (non-hydrogen) atoms. The molecule has 1 aliphatic rings. The lowest BCUT2D eigenvalue weighted by Crippen LogP contribution is -2.46. The van der Waals surface area contributed by atoms with Gasteiger partial charge in [0, 0.05) is 25.7 Å². The lowest BCUT2D eigenvalue weighted by atomic mass is 9.93. The molecule has 1 saturated heterocycles. The highest BCUT2D eigenvalue weighted by Crippen LogP contribution is 2.20. The minimum Gasteiger partial charge on any atom is -0.377 e. The second-order valence-corrected chi connectivity index (χ2v) is 4.95. The van der Waals surface area contributed by atoms with Gasteiger partial charge in [0.05, 0.1) is 6.10 Å². The van der Waals surface area contributed by atoms with Gasteiger partial charge in [-0.15, -0.1) is 0 Å². The third kappa shape index (κ3) is 3.72. The van der Waals surface area contributed by atoms with Crippen molar-refractivity contribution in [3.8, 4) is 0 Å². The van der Waals surface area contributed by atoms with E-state index in [2.05, 4.69) is 25.8 Å². The zero-order valence-corrected chi connectivity index (χ0v) is 11.1. The van der Waals surface area contributed by atoms with Crippen molar-refractivity contribution in [1.29, 1.82) is 0 Å². The summed E-state index contributed by atoms with van der Waals surface area (Å²) < 4.78 is 5.68. The average molecular weight is 228 g/mol. The van der Waals surface area contributed by atoms with Crippen molar-refractivity contribution in [2.45, 2.75) is 51.7 Å². The summed E-state index contributed by atoms with van der Waals surface area (Å²) in [6, 6.07) is 0.513. The number of hydrogen-bond donors (Lipinski definition) is 1. The Morgan fingerprint density at radius 1 is 1.38 bits per heavy atom. The van der Waals surface area contributed by atoms with Crippen LogP contribution >= 0.6 is 0 Å². The third-order valence-corrected chi connectivity index (χ3v) is 3.92. The van der Waals surface area contributed by atoms with Crippen LogP contribution in [0.25, 0.3) is 0 Å². The minimum absolute atomic E-state index is 0.438. The molecule has 0 amide bonds. The molecule has 0 aliphatic carbocycles. The number of likely N-dealkylation sites (N-methyl/N-ethyl adjacent to an activating group) is 1. The monoisotopic (exact) mass is 228 g/mol. The van der Waals surface area contributed by atoms with Crippen molar-refractivity contribution in [3.63, 3.8) is 0 Å². The van der Waals surface area contributed by atoms with Gasteiger partial charge < -0.3 is 10.5 Å². The Labute approximate surface area is 100 Å². The average Bonchev–Trinajstić information content (AvgIpc) is 2.78. The van der Waals surface area contributed by atoms with E-state index < -0.39 is 0 Å². The molecule has 0 saturated carbocycles. The van der Waals surface area contributed by atoms with Crippen LogP contribution in [0, 0.1) is 5.92 Å². The highest BCUT2D eigenvalue weighted by atomic mass is 16.5. The highest BCUT2D eigenvalue weighted by molar-refractivity contribution is 4.80. The zero-order valence-electron chi connectivity index (χ0n) is 11.1. The lowest BCUT2D eigenvalue weighted by Gasteiger charge is -2.34. The van der Waals surface area contributed by atoms with Gasteiger partial charge in [-0.25, -0.2) is 0 Å². The fourth-order valence-electron chi connectivity index (χ4n) is 2.81. The van der Waals surface area contributed by atoms with Gasteiger partial charge in [-0.05, 0) is 25.8 Å². The first-order valence-electron chi connectivity index (χ1n) is 6.74. The van der Waals surface area contributed by atoms with E-state index in [9.17, 15) is 0 Å². The van der Waals surface area contributed by atoms with E-state index in [-0.39, 0.29) is 0 Å². The standard InChI is InChI=1S/C13H28N2O/c1-4-11(5-2)13(9-14)15(3)10-12-7-6-8-16-12/h11-13H,4-10,14H2,1-3H3. The largest absolute Gasteiger partial charge is 0.377 e. The number of ether oxygens (including phenoxy) is 1. The Kier molecular flexibility index (Phi) is 6.32. The molecule has 1 rings (SSSR count). The highest BCUT2D eigenvalue weighted by Gasteiger charge is 2.25. The molecule has 3 nitrogen and oxygen atoms in total. The van der Waals surface area contributed by atoms with Gasteiger partial charge in [-0.2, -0.15) is 0 Å². The van der Waals surface area contributed by atoms with Gasteiger partial charge in [0.1, 0.15) is 0 Å². The molecule has 0 aromatic carbocycles. The smallest absolute Gasteiger partial charge is 0.0702 e. The number of nitrogens with zero attached hydrogens (tertiary/aromatic N) is 1. The Balaban J connectivity index is 2.43. The van der Waals surface area contributed by atoms with E-state index in [1.165, 1.54) is 25.7 Å². The van der Waals surface area contributed by atoms with Gasteiger partial charge in [-0.1, -0.05) is 26.7 Å². The van der Waals surface area contributed by atoms with Crippen LogP contribution in [-0.2, 0) is 4.74 Å². The summed E-state index contributed by atoms with van der Waals surface area (Å²) in [6.45, 7) is 7.26. The molecular formula is C13H28N2O. The second-order valence-electron chi connectivity index (χ2n) is 4.95. The molecule has 1 heterocycles. The van der Waals surface area contributed by atoms with E-state index in [1.54, 1.807) is 0 Å². The maximum Gasteiger partial charge on any atom is 0.0702 e. The molecule has 0 spiro atoms. The summed E-state index contributed by atoms with van der Waals surface area (Å²) in [5, 5.41) is 0. The molecule has 2 atom stereocenters. The summed E-state index contributed by atoms with van der Waals surface area (Å²) >= 11 is 0. The normalized spacial score (nSPS) is 23.2. The predicted molar refractivity (Wildman–Crippen MR) is 68.5 cm³/mol. The SMILES string of the molecule is CCC(CC)C(CN)N(C)CC1CCCO1. The van der Waals surface area contributed by atoms with Crippen molar-refractivity contribution < 1.29 is 4.74 Å². The molecule has 0 aromatic heterocycles. The fraction of sp³-hybridized carbons (Fsp3) is 1.00. The predicted octanol–water partition coefficient (Wildman–Crippen LogP) is 1.86. The molecule has 2 N–H and O–H groups in total. The Morgan fingerprint density at radius 3 is 2.50 bits per heavy atom. The maximum absolute atomic E-state index is 5.92. The lowest BCUT2D eigenvalue weighted by molar-refractivity contribution is 0.0568. The molecular weight excluding hydrogens is 200 g/mol. The summed E-state index contributed by atoms with van der Waals surface area (Å²) in [6.07, 6.45) is 5.30. The molecule has 96 valence electrons. The first kappa shape index (κ1) is 13.9. The van der Waals surface area contributed by atoms with Crippen molar-refractivity contribution >= 4 is 0 Å². The van der Waals surface area contributed by atoms with Crippen LogP contribution in [0.15, 0.2) is 0 Å². The van der Waals surface area contributed by atoms with Crippen molar-refractivity contribution in [2.24, 2.45) is 11.7 Å². The fourth-order valence-corrected chi connectivity index (χ4v) is 2.81. The van der Waals surface area contributed by atoms with Crippen molar-refractivity contribution in [3.05, 3.63) is 0 Å². The quantitative estimate of drug-likeness (QED) is 0.723. The molecule has 0 bridgehead atoms. The zero-order chi connectivity index (χ0) is 12.0. The maximum atomic E-state index is 5.92. The number of nitrogens with two attached hydrogens (primary N) is 1. The third-order valence-electron chi connectivity index (χ3n) is 3.92. The molecule has 1 fully saturated rings. The van der Waals surface area contributed by atoms with Gasteiger partial charge in [0.2, 0.25) is 0 Å². The number of rotatable bonds is 7.